The number of ether oxygens (including phenoxy) is 4. The van der Waals surface area contributed by atoms with Gasteiger partial charge in [0.2, 0.25) is 11.8 Å². The number of amides is 3. The first kappa shape index (κ1) is 27.4. The van der Waals surface area contributed by atoms with Gasteiger partial charge >= 0.3 is 0 Å². The molecule has 2 N–H and O–H groups in total. The summed E-state index contributed by atoms with van der Waals surface area (Å²) in [6.07, 6.45) is 3.20. The van der Waals surface area contributed by atoms with E-state index in [1.54, 1.807) is 11.0 Å². The van der Waals surface area contributed by atoms with Crippen LogP contribution in [-0.2, 0) is 23.8 Å². The van der Waals surface area contributed by atoms with Crippen LogP contribution >= 0.6 is 0 Å². The number of rotatable bonds is 3. The van der Waals surface area contributed by atoms with E-state index in [4.69, 9.17) is 18.9 Å². The van der Waals surface area contributed by atoms with Crippen LogP contribution in [0.1, 0.15) is 42.5 Å². The monoisotopic (exact) mass is 556 g/mol. The van der Waals surface area contributed by atoms with Gasteiger partial charge in [-0.25, -0.2) is 0 Å². The van der Waals surface area contributed by atoms with Crippen LogP contribution in [0.4, 0.5) is 0 Å². The average molecular weight is 557 g/mol. The molecule has 0 unspecified atom stereocenters. The molecule has 1 aromatic rings. The molecule has 11 nitrogen and oxygen atoms in total. The van der Waals surface area contributed by atoms with Crippen LogP contribution in [0.3, 0.4) is 0 Å². The number of hydrogen-bond donors (Lipinski definition) is 2. The molecule has 2 bridgehead atoms. The van der Waals surface area contributed by atoms with Gasteiger partial charge in [0.15, 0.2) is 0 Å². The highest BCUT2D eigenvalue weighted by Gasteiger charge is 2.41. The van der Waals surface area contributed by atoms with Crippen molar-refractivity contribution in [2.45, 2.75) is 62.4 Å². The van der Waals surface area contributed by atoms with Crippen molar-refractivity contribution < 1.29 is 33.3 Å². The van der Waals surface area contributed by atoms with Crippen molar-refractivity contribution in [3.63, 3.8) is 0 Å². The summed E-state index contributed by atoms with van der Waals surface area (Å²) >= 11 is 0. The smallest absolute Gasteiger partial charge is 0.258 e. The van der Waals surface area contributed by atoms with Crippen LogP contribution in [0, 0.1) is 5.92 Å². The third-order valence-electron chi connectivity index (χ3n) is 8.94. The molecule has 0 aliphatic carbocycles. The summed E-state index contributed by atoms with van der Waals surface area (Å²) in [5.41, 5.74) is 0.469. The Bertz CT molecular complexity index is 1080. The Labute approximate surface area is 234 Å². The van der Waals surface area contributed by atoms with Gasteiger partial charge in [-0.3, -0.25) is 19.3 Å². The molecule has 4 fully saturated rings. The number of benzene rings is 1. The summed E-state index contributed by atoms with van der Waals surface area (Å²) < 4.78 is 23.4. The first-order chi connectivity index (χ1) is 19.6. The van der Waals surface area contributed by atoms with Crippen molar-refractivity contribution in [3.05, 3.63) is 29.8 Å². The molecule has 6 rings (SSSR count). The highest BCUT2D eigenvalue weighted by atomic mass is 16.5. The lowest BCUT2D eigenvalue weighted by Crippen LogP contribution is -2.65. The number of para-hydroxylation sites is 1. The van der Waals surface area contributed by atoms with Crippen molar-refractivity contribution >= 4 is 17.7 Å². The predicted molar refractivity (Wildman–Crippen MR) is 144 cm³/mol. The van der Waals surface area contributed by atoms with E-state index in [1.165, 1.54) is 0 Å². The van der Waals surface area contributed by atoms with Gasteiger partial charge in [-0.15, -0.1) is 0 Å². The van der Waals surface area contributed by atoms with Crippen LogP contribution in [0.25, 0.3) is 0 Å². The average Bonchev–Trinajstić information content (AvgIpc) is 2.96. The molecule has 5 aliphatic rings. The fraction of sp³-hybridized carbons (Fsp3) is 0.690. The molecule has 40 heavy (non-hydrogen) atoms. The van der Waals surface area contributed by atoms with Crippen LogP contribution in [0.15, 0.2) is 24.3 Å². The molecule has 5 heterocycles. The summed E-state index contributed by atoms with van der Waals surface area (Å²) in [6.45, 7) is 4.72. The van der Waals surface area contributed by atoms with Crippen molar-refractivity contribution in [1.29, 1.82) is 0 Å². The lowest BCUT2D eigenvalue weighted by atomic mass is 9.94. The Hall–Kier alpha value is -2.73. The molecule has 0 aromatic heterocycles. The third-order valence-corrected chi connectivity index (χ3v) is 8.94. The molecule has 4 atom stereocenters. The second kappa shape index (κ2) is 12.4. The Morgan fingerprint density at radius 3 is 2.58 bits per heavy atom. The van der Waals surface area contributed by atoms with Gasteiger partial charge in [0.25, 0.3) is 5.91 Å². The lowest BCUT2D eigenvalue weighted by molar-refractivity contribution is -0.135. The summed E-state index contributed by atoms with van der Waals surface area (Å²) in [5.74, 6) is 0.0802. The van der Waals surface area contributed by atoms with Gasteiger partial charge in [-0.2, -0.15) is 0 Å². The normalized spacial score (nSPS) is 31.1. The first-order valence-electron chi connectivity index (χ1n) is 14.7. The van der Waals surface area contributed by atoms with Gasteiger partial charge in [-0.05, 0) is 37.8 Å². The summed E-state index contributed by atoms with van der Waals surface area (Å²) in [4.78, 5) is 44.5. The first-order valence-corrected chi connectivity index (χ1v) is 14.7. The Kier molecular flexibility index (Phi) is 8.52. The van der Waals surface area contributed by atoms with E-state index >= 15 is 0 Å². The van der Waals surface area contributed by atoms with Crippen LogP contribution in [0.5, 0.6) is 5.75 Å². The van der Waals surface area contributed by atoms with Gasteiger partial charge in [0, 0.05) is 51.7 Å². The fourth-order valence-electron chi connectivity index (χ4n) is 6.37. The number of carbonyl (C=O) groups excluding carboxylic acids is 3. The minimum atomic E-state index is -0.660. The van der Waals surface area contributed by atoms with E-state index in [9.17, 15) is 14.4 Å². The maximum absolute atomic E-state index is 13.8. The van der Waals surface area contributed by atoms with E-state index in [-0.39, 0.29) is 54.5 Å². The molecular weight excluding hydrogens is 516 g/mol. The summed E-state index contributed by atoms with van der Waals surface area (Å²) in [7, 11) is 0. The highest BCUT2D eigenvalue weighted by Crippen LogP contribution is 2.27. The van der Waals surface area contributed by atoms with Gasteiger partial charge in [-0.1, -0.05) is 12.1 Å². The van der Waals surface area contributed by atoms with E-state index in [1.807, 2.05) is 18.2 Å². The maximum atomic E-state index is 13.8. The molecule has 5 aliphatic heterocycles. The zero-order chi connectivity index (χ0) is 27.5. The number of nitrogens with one attached hydrogen (secondary N) is 2. The van der Waals surface area contributed by atoms with Crippen molar-refractivity contribution in [3.8, 4) is 5.75 Å². The van der Waals surface area contributed by atoms with Crippen molar-refractivity contribution in [2.75, 3.05) is 59.2 Å². The molecule has 1 aromatic carbocycles. The summed E-state index contributed by atoms with van der Waals surface area (Å²) in [5, 5.41) is 6.31. The largest absolute Gasteiger partial charge is 0.493 e. The van der Waals surface area contributed by atoms with E-state index in [0.29, 0.717) is 70.4 Å². The van der Waals surface area contributed by atoms with E-state index in [2.05, 4.69) is 15.5 Å². The minimum absolute atomic E-state index is 0.0310. The zero-order valence-electron chi connectivity index (χ0n) is 22.9. The number of hydrogen-bond acceptors (Lipinski definition) is 8. The van der Waals surface area contributed by atoms with E-state index < -0.39 is 6.04 Å². The fourth-order valence-corrected chi connectivity index (χ4v) is 6.37. The SMILES string of the molecule is O=C(N[C@@H]1CC[C@H]2CCOc3ccccc3C(=O)N3CCN(C4COC4)C[C@H]3C(=O)NC[C@H]1O2)C1CCOCC1. The Morgan fingerprint density at radius 1 is 0.950 bits per heavy atom. The quantitative estimate of drug-likeness (QED) is 0.555. The maximum Gasteiger partial charge on any atom is 0.258 e. The molecule has 4 saturated heterocycles. The second-order valence-electron chi connectivity index (χ2n) is 11.5. The molecule has 3 amide bonds. The second-order valence-corrected chi connectivity index (χ2v) is 11.5. The molecule has 0 saturated carbocycles. The molecular formula is C29H40N4O7. The van der Waals surface area contributed by atoms with Crippen LogP contribution in [-0.4, -0.2) is 117 Å². The number of nitrogens with zero attached hydrogens (tertiary/aromatic N) is 2. The Morgan fingerprint density at radius 2 is 1.77 bits per heavy atom. The number of piperazine rings is 1. The lowest BCUT2D eigenvalue weighted by Gasteiger charge is -2.46. The number of fused-ring (bicyclic) bond motifs is 4. The summed E-state index contributed by atoms with van der Waals surface area (Å²) in [6, 6.07) is 6.66. The van der Waals surface area contributed by atoms with Gasteiger partial charge in [0.05, 0.1) is 49.7 Å². The topological polar surface area (TPSA) is 119 Å². The standard InChI is InChI=1S/C29H40N4O7/c34-27(19-7-12-37-13-8-19)31-23-6-5-21-9-14-39-25-4-2-1-3-22(25)29(36)33-11-10-32(20-17-38-18-20)16-24(33)28(35)30-15-26(23)40-21/h1-4,19-21,23-24,26H,5-18H2,(H,30,35)(H,31,34)/t21-,23+,24-,26+/m0/s1. The third kappa shape index (κ3) is 5.97. The minimum Gasteiger partial charge on any atom is -0.493 e. The van der Waals surface area contributed by atoms with Crippen LogP contribution in [0.2, 0.25) is 0 Å². The molecule has 0 spiro atoms. The predicted octanol–water partition coefficient (Wildman–Crippen LogP) is 0.570. The Balaban J connectivity index is 1.22. The van der Waals surface area contributed by atoms with Gasteiger partial charge < -0.3 is 34.5 Å². The van der Waals surface area contributed by atoms with Gasteiger partial charge in [0.1, 0.15) is 11.8 Å². The number of carbonyl (C=O) groups is 3. The molecule has 11 heteroatoms. The van der Waals surface area contributed by atoms with Crippen molar-refractivity contribution in [2.24, 2.45) is 5.92 Å². The zero-order valence-corrected chi connectivity index (χ0v) is 22.9. The van der Waals surface area contributed by atoms with Crippen molar-refractivity contribution in [1.82, 2.24) is 20.4 Å². The van der Waals surface area contributed by atoms with E-state index in [0.717, 1.165) is 25.7 Å². The van der Waals surface area contributed by atoms with Crippen LogP contribution < -0.4 is 15.4 Å². The highest BCUT2D eigenvalue weighted by molar-refractivity contribution is 6.00. The molecule has 0 radical (unpaired) electrons. The molecule has 218 valence electrons.